The SMILES string of the molecule is CN=C(NCCCOCC1CCOC1)NCc1ccc2cc(OC)ccc2c1.I. The van der Waals surface area contributed by atoms with Gasteiger partial charge in [-0.25, -0.2) is 0 Å². The Labute approximate surface area is 190 Å². The van der Waals surface area contributed by atoms with E-state index in [9.17, 15) is 0 Å². The topological polar surface area (TPSA) is 64.1 Å². The van der Waals surface area contributed by atoms with Gasteiger partial charge in [-0.05, 0) is 47.4 Å². The van der Waals surface area contributed by atoms with Crippen molar-refractivity contribution in [3.05, 3.63) is 42.0 Å². The van der Waals surface area contributed by atoms with E-state index in [0.29, 0.717) is 5.92 Å². The summed E-state index contributed by atoms with van der Waals surface area (Å²) in [6.45, 7) is 4.84. The lowest BCUT2D eigenvalue weighted by atomic mass is 10.1. The minimum atomic E-state index is 0. The first-order chi connectivity index (χ1) is 13.8. The van der Waals surface area contributed by atoms with Crippen LogP contribution >= 0.6 is 24.0 Å². The van der Waals surface area contributed by atoms with E-state index in [2.05, 4.69) is 46.0 Å². The molecule has 1 atom stereocenters. The van der Waals surface area contributed by atoms with Crippen LogP contribution in [0.5, 0.6) is 5.75 Å². The van der Waals surface area contributed by atoms with Gasteiger partial charge in [0.1, 0.15) is 5.75 Å². The smallest absolute Gasteiger partial charge is 0.191 e. The molecule has 0 aliphatic carbocycles. The molecule has 2 aromatic carbocycles. The summed E-state index contributed by atoms with van der Waals surface area (Å²) < 4.78 is 16.4. The van der Waals surface area contributed by atoms with Crippen LogP contribution < -0.4 is 15.4 Å². The lowest BCUT2D eigenvalue weighted by Crippen LogP contribution is -2.37. The van der Waals surface area contributed by atoms with E-state index >= 15 is 0 Å². The molecule has 0 aromatic heterocycles. The molecule has 0 spiro atoms. The van der Waals surface area contributed by atoms with Gasteiger partial charge in [-0.15, -0.1) is 24.0 Å². The molecule has 2 N–H and O–H groups in total. The van der Waals surface area contributed by atoms with Gasteiger partial charge in [0.2, 0.25) is 0 Å². The number of benzene rings is 2. The molecule has 7 heteroatoms. The summed E-state index contributed by atoms with van der Waals surface area (Å²) in [5.41, 5.74) is 1.21. The molecule has 0 amide bonds. The zero-order chi connectivity index (χ0) is 19.6. The van der Waals surface area contributed by atoms with Gasteiger partial charge in [-0.3, -0.25) is 4.99 Å². The normalized spacial score (nSPS) is 16.5. The number of nitrogens with one attached hydrogen (secondary N) is 2. The van der Waals surface area contributed by atoms with E-state index in [4.69, 9.17) is 14.2 Å². The van der Waals surface area contributed by atoms with Crippen LogP contribution in [0.1, 0.15) is 18.4 Å². The molecule has 1 heterocycles. The van der Waals surface area contributed by atoms with Crippen LogP contribution in [0.2, 0.25) is 0 Å². The van der Waals surface area contributed by atoms with E-state index in [1.165, 1.54) is 16.3 Å². The molecule has 1 fully saturated rings. The number of rotatable bonds is 9. The Morgan fingerprint density at radius 1 is 1.17 bits per heavy atom. The highest BCUT2D eigenvalue weighted by Crippen LogP contribution is 2.21. The molecule has 1 saturated heterocycles. The van der Waals surface area contributed by atoms with Crippen molar-refractivity contribution < 1.29 is 14.2 Å². The highest BCUT2D eigenvalue weighted by molar-refractivity contribution is 14.0. The minimum Gasteiger partial charge on any atom is -0.497 e. The predicted molar refractivity (Wildman–Crippen MR) is 128 cm³/mol. The van der Waals surface area contributed by atoms with Gasteiger partial charge in [0.15, 0.2) is 5.96 Å². The van der Waals surface area contributed by atoms with Crippen molar-refractivity contribution in [3.8, 4) is 5.75 Å². The van der Waals surface area contributed by atoms with Gasteiger partial charge in [0, 0.05) is 39.3 Å². The summed E-state index contributed by atoms with van der Waals surface area (Å²) in [6.07, 6.45) is 2.07. The monoisotopic (exact) mass is 513 g/mol. The van der Waals surface area contributed by atoms with E-state index in [-0.39, 0.29) is 24.0 Å². The average Bonchev–Trinajstić information content (AvgIpc) is 3.25. The Bertz CT molecular complexity index is 779. The molecule has 1 aliphatic heterocycles. The van der Waals surface area contributed by atoms with Crippen LogP contribution in [-0.2, 0) is 16.0 Å². The fourth-order valence-corrected chi connectivity index (χ4v) is 3.26. The van der Waals surface area contributed by atoms with Crippen molar-refractivity contribution in [2.24, 2.45) is 10.9 Å². The Morgan fingerprint density at radius 2 is 2.00 bits per heavy atom. The zero-order valence-electron chi connectivity index (χ0n) is 17.3. The number of methoxy groups -OCH3 is 1. The van der Waals surface area contributed by atoms with Gasteiger partial charge in [-0.2, -0.15) is 0 Å². The van der Waals surface area contributed by atoms with Gasteiger partial charge in [0.25, 0.3) is 0 Å². The fraction of sp³-hybridized carbons (Fsp3) is 0.500. The molecule has 29 heavy (non-hydrogen) atoms. The minimum absolute atomic E-state index is 0. The maximum atomic E-state index is 5.73. The van der Waals surface area contributed by atoms with Crippen LogP contribution in [0.3, 0.4) is 0 Å². The van der Waals surface area contributed by atoms with Gasteiger partial charge < -0.3 is 24.8 Å². The number of hydrogen-bond donors (Lipinski definition) is 2. The molecule has 1 aliphatic rings. The van der Waals surface area contributed by atoms with Crippen LogP contribution in [-0.4, -0.2) is 53.1 Å². The number of ether oxygens (including phenoxy) is 3. The number of guanidine groups is 1. The van der Waals surface area contributed by atoms with E-state index in [0.717, 1.165) is 64.1 Å². The van der Waals surface area contributed by atoms with E-state index < -0.39 is 0 Å². The van der Waals surface area contributed by atoms with Crippen molar-refractivity contribution in [2.45, 2.75) is 19.4 Å². The maximum absolute atomic E-state index is 5.73. The Morgan fingerprint density at radius 3 is 2.76 bits per heavy atom. The third-order valence-corrected chi connectivity index (χ3v) is 4.93. The molecule has 0 saturated carbocycles. The van der Waals surface area contributed by atoms with Crippen LogP contribution in [0.25, 0.3) is 10.8 Å². The number of nitrogens with zero attached hydrogens (tertiary/aromatic N) is 1. The Kier molecular flexibility index (Phi) is 10.5. The maximum Gasteiger partial charge on any atom is 0.191 e. The van der Waals surface area contributed by atoms with Crippen molar-refractivity contribution in [3.63, 3.8) is 0 Å². The van der Waals surface area contributed by atoms with Gasteiger partial charge >= 0.3 is 0 Å². The van der Waals surface area contributed by atoms with Crippen LogP contribution in [0.4, 0.5) is 0 Å². The van der Waals surface area contributed by atoms with Crippen molar-refractivity contribution in [1.82, 2.24) is 10.6 Å². The standard InChI is InChI=1S/C22H31N3O3.HI/c1-23-22(24-9-3-10-27-15-18-8-11-28-16-18)25-14-17-4-5-20-13-21(26-2)7-6-19(20)12-17;/h4-7,12-13,18H,3,8-11,14-16H2,1-2H3,(H2,23,24,25);1H. The second-order valence-electron chi connectivity index (χ2n) is 7.06. The molecular formula is C22H32IN3O3. The first-order valence-electron chi connectivity index (χ1n) is 9.95. The summed E-state index contributed by atoms with van der Waals surface area (Å²) >= 11 is 0. The number of halogens is 1. The molecule has 160 valence electrons. The zero-order valence-corrected chi connectivity index (χ0v) is 19.6. The number of fused-ring (bicyclic) bond motifs is 1. The lowest BCUT2D eigenvalue weighted by molar-refractivity contribution is 0.0888. The molecule has 6 nitrogen and oxygen atoms in total. The average molecular weight is 513 g/mol. The highest BCUT2D eigenvalue weighted by Gasteiger charge is 2.15. The molecule has 1 unspecified atom stereocenters. The summed E-state index contributed by atoms with van der Waals surface area (Å²) in [4.78, 5) is 4.29. The van der Waals surface area contributed by atoms with Crippen LogP contribution in [0.15, 0.2) is 41.4 Å². The fourth-order valence-electron chi connectivity index (χ4n) is 3.26. The lowest BCUT2D eigenvalue weighted by Gasteiger charge is -2.13. The Balaban J connectivity index is 0.00000300. The second-order valence-corrected chi connectivity index (χ2v) is 7.06. The molecular weight excluding hydrogens is 481 g/mol. The summed E-state index contributed by atoms with van der Waals surface area (Å²) in [5, 5.41) is 9.08. The second kappa shape index (κ2) is 12.9. The molecule has 0 bridgehead atoms. The van der Waals surface area contributed by atoms with E-state index in [1.54, 1.807) is 14.2 Å². The molecule has 3 rings (SSSR count). The third kappa shape index (κ3) is 7.64. The molecule has 2 aromatic rings. The van der Waals surface area contributed by atoms with Gasteiger partial charge in [0.05, 0.1) is 20.3 Å². The number of aliphatic imine (C=N–C) groups is 1. The van der Waals surface area contributed by atoms with E-state index in [1.807, 2.05) is 6.07 Å². The molecule has 0 radical (unpaired) electrons. The summed E-state index contributed by atoms with van der Waals surface area (Å²) in [7, 11) is 3.48. The van der Waals surface area contributed by atoms with Crippen molar-refractivity contribution in [2.75, 3.05) is 47.1 Å². The largest absolute Gasteiger partial charge is 0.497 e. The summed E-state index contributed by atoms with van der Waals surface area (Å²) in [6, 6.07) is 12.6. The predicted octanol–water partition coefficient (Wildman–Crippen LogP) is 3.57. The highest BCUT2D eigenvalue weighted by atomic mass is 127. The van der Waals surface area contributed by atoms with Crippen molar-refractivity contribution in [1.29, 1.82) is 0 Å². The quantitative estimate of drug-likeness (QED) is 0.232. The first kappa shape index (κ1) is 23.7. The van der Waals surface area contributed by atoms with Crippen LogP contribution in [0, 0.1) is 5.92 Å². The third-order valence-electron chi connectivity index (χ3n) is 4.93. The van der Waals surface area contributed by atoms with Crippen molar-refractivity contribution >= 4 is 40.7 Å². The number of hydrogen-bond acceptors (Lipinski definition) is 4. The first-order valence-corrected chi connectivity index (χ1v) is 9.95. The Hall–Kier alpha value is -1.58. The summed E-state index contributed by atoms with van der Waals surface area (Å²) in [5.74, 6) is 2.26. The van der Waals surface area contributed by atoms with Gasteiger partial charge in [-0.1, -0.05) is 18.2 Å².